The average Bonchev–Trinajstić information content (AvgIpc) is 2.19. The lowest BCUT2D eigenvalue weighted by Crippen LogP contribution is -2.16. The Morgan fingerprint density at radius 2 is 1.86 bits per heavy atom. The Kier molecular flexibility index (Phi) is 8.30. The van der Waals surface area contributed by atoms with E-state index in [1.165, 1.54) is 0 Å². The van der Waals surface area contributed by atoms with Gasteiger partial charge in [0.2, 0.25) is 0 Å². The summed E-state index contributed by atoms with van der Waals surface area (Å²) in [5.41, 5.74) is 0. The van der Waals surface area contributed by atoms with E-state index in [0.717, 1.165) is 25.7 Å². The van der Waals surface area contributed by atoms with Gasteiger partial charge in [0.25, 0.3) is 0 Å². The molecule has 0 aliphatic rings. The number of carbonyl (C=O) groups is 1. The summed E-state index contributed by atoms with van der Waals surface area (Å²) in [6.45, 7) is 6.65. The Labute approximate surface area is 87.3 Å². The van der Waals surface area contributed by atoms with Crippen LogP contribution in [0.2, 0.25) is 0 Å². The molecule has 0 aliphatic carbocycles. The molecule has 0 heterocycles. The quantitative estimate of drug-likeness (QED) is 0.356. The van der Waals surface area contributed by atoms with Crippen molar-refractivity contribution in [2.45, 2.75) is 46.5 Å². The molecule has 0 radical (unpaired) electrons. The van der Waals surface area contributed by atoms with Gasteiger partial charge in [-0.25, -0.2) is 0 Å². The number of hydrogen-bond acceptors (Lipinski definition) is 2. The first kappa shape index (κ1) is 13.2. The SMILES string of the molecule is CC/C=C\CCOC(=O)C(CC)CC. The summed E-state index contributed by atoms with van der Waals surface area (Å²) < 4.78 is 5.14. The van der Waals surface area contributed by atoms with Gasteiger partial charge in [-0.05, 0) is 25.7 Å². The van der Waals surface area contributed by atoms with Gasteiger partial charge in [0.15, 0.2) is 0 Å². The molecule has 0 N–H and O–H groups in total. The lowest BCUT2D eigenvalue weighted by molar-refractivity contribution is -0.148. The monoisotopic (exact) mass is 198 g/mol. The lowest BCUT2D eigenvalue weighted by atomic mass is 10.0. The normalized spacial score (nSPS) is 11.1. The van der Waals surface area contributed by atoms with Crippen LogP contribution in [0, 0.1) is 5.92 Å². The second-order valence-corrected chi connectivity index (χ2v) is 3.35. The molecule has 0 aromatic carbocycles. The van der Waals surface area contributed by atoms with E-state index >= 15 is 0 Å². The minimum Gasteiger partial charge on any atom is -0.465 e. The number of esters is 1. The van der Waals surface area contributed by atoms with E-state index in [1.54, 1.807) is 0 Å². The molecular weight excluding hydrogens is 176 g/mol. The van der Waals surface area contributed by atoms with Gasteiger partial charge in [0.1, 0.15) is 0 Å². The molecule has 2 heteroatoms. The molecule has 82 valence electrons. The van der Waals surface area contributed by atoms with Gasteiger partial charge in [-0.1, -0.05) is 32.9 Å². The molecule has 0 fully saturated rings. The summed E-state index contributed by atoms with van der Waals surface area (Å²) in [5, 5.41) is 0. The Morgan fingerprint density at radius 3 is 2.36 bits per heavy atom. The molecule has 0 aromatic rings. The first-order chi connectivity index (χ1) is 6.76. The number of ether oxygens (including phenoxy) is 1. The van der Waals surface area contributed by atoms with Crippen LogP contribution in [0.5, 0.6) is 0 Å². The molecule has 0 atom stereocenters. The van der Waals surface area contributed by atoms with E-state index in [1.807, 2.05) is 13.8 Å². The van der Waals surface area contributed by atoms with Crippen molar-refractivity contribution in [2.75, 3.05) is 6.61 Å². The maximum absolute atomic E-state index is 11.4. The summed E-state index contributed by atoms with van der Waals surface area (Å²) in [5.74, 6) is 0.0463. The van der Waals surface area contributed by atoms with Gasteiger partial charge in [0, 0.05) is 0 Å². The molecule has 0 aromatic heterocycles. The van der Waals surface area contributed by atoms with Crippen molar-refractivity contribution < 1.29 is 9.53 Å². The Bertz CT molecular complexity index is 169. The Hall–Kier alpha value is -0.790. The fourth-order valence-electron chi connectivity index (χ4n) is 1.25. The van der Waals surface area contributed by atoms with Crippen LogP contribution in [-0.4, -0.2) is 12.6 Å². The van der Waals surface area contributed by atoms with Crippen LogP contribution in [0.4, 0.5) is 0 Å². The molecule has 2 nitrogen and oxygen atoms in total. The van der Waals surface area contributed by atoms with E-state index < -0.39 is 0 Å². The smallest absolute Gasteiger partial charge is 0.308 e. The van der Waals surface area contributed by atoms with E-state index in [9.17, 15) is 4.79 Å². The lowest BCUT2D eigenvalue weighted by Gasteiger charge is -2.10. The molecule has 14 heavy (non-hydrogen) atoms. The highest BCUT2D eigenvalue weighted by Gasteiger charge is 2.14. The fourth-order valence-corrected chi connectivity index (χ4v) is 1.25. The number of hydrogen-bond donors (Lipinski definition) is 0. The van der Waals surface area contributed by atoms with E-state index in [4.69, 9.17) is 4.74 Å². The number of rotatable bonds is 7. The first-order valence-electron chi connectivity index (χ1n) is 5.57. The van der Waals surface area contributed by atoms with E-state index in [2.05, 4.69) is 19.1 Å². The van der Waals surface area contributed by atoms with Crippen molar-refractivity contribution in [3.63, 3.8) is 0 Å². The highest BCUT2D eigenvalue weighted by molar-refractivity contribution is 5.72. The minimum absolute atomic E-state index is 0.0418. The Morgan fingerprint density at radius 1 is 1.21 bits per heavy atom. The van der Waals surface area contributed by atoms with Crippen molar-refractivity contribution in [1.82, 2.24) is 0 Å². The zero-order chi connectivity index (χ0) is 10.8. The molecule has 0 saturated heterocycles. The topological polar surface area (TPSA) is 26.3 Å². The predicted octanol–water partition coefficient (Wildman–Crippen LogP) is 3.32. The molecule has 0 rings (SSSR count). The third-order valence-corrected chi connectivity index (χ3v) is 2.25. The third-order valence-electron chi connectivity index (χ3n) is 2.25. The standard InChI is InChI=1S/C12H22O2/c1-4-7-8-9-10-14-12(13)11(5-2)6-3/h7-8,11H,4-6,9-10H2,1-3H3/b8-7-. The number of carbonyl (C=O) groups excluding carboxylic acids is 1. The predicted molar refractivity (Wildman–Crippen MR) is 59.1 cm³/mol. The van der Waals surface area contributed by atoms with Gasteiger partial charge in [0.05, 0.1) is 12.5 Å². The molecule has 0 saturated carbocycles. The molecule has 0 unspecified atom stereocenters. The first-order valence-corrected chi connectivity index (χ1v) is 5.57. The van der Waals surface area contributed by atoms with Gasteiger partial charge < -0.3 is 4.74 Å². The molecular formula is C12H22O2. The van der Waals surface area contributed by atoms with Crippen molar-refractivity contribution in [2.24, 2.45) is 5.92 Å². The minimum atomic E-state index is -0.0418. The van der Waals surface area contributed by atoms with Crippen LogP contribution < -0.4 is 0 Å². The van der Waals surface area contributed by atoms with E-state index in [-0.39, 0.29) is 11.9 Å². The van der Waals surface area contributed by atoms with Crippen LogP contribution in [0.25, 0.3) is 0 Å². The van der Waals surface area contributed by atoms with Crippen LogP contribution in [0.1, 0.15) is 46.5 Å². The third kappa shape index (κ3) is 5.79. The molecule has 0 bridgehead atoms. The summed E-state index contributed by atoms with van der Waals surface area (Å²) in [4.78, 5) is 11.4. The van der Waals surface area contributed by atoms with Crippen LogP contribution >= 0.6 is 0 Å². The largest absolute Gasteiger partial charge is 0.465 e. The van der Waals surface area contributed by atoms with Gasteiger partial charge in [-0.15, -0.1) is 0 Å². The van der Waals surface area contributed by atoms with Gasteiger partial charge >= 0.3 is 5.97 Å². The molecule has 0 spiro atoms. The molecule has 0 amide bonds. The fraction of sp³-hybridized carbons (Fsp3) is 0.750. The van der Waals surface area contributed by atoms with Crippen molar-refractivity contribution >= 4 is 5.97 Å². The summed E-state index contributed by atoms with van der Waals surface area (Å²) in [6.07, 6.45) is 7.77. The van der Waals surface area contributed by atoms with Crippen molar-refractivity contribution in [3.05, 3.63) is 12.2 Å². The highest BCUT2D eigenvalue weighted by atomic mass is 16.5. The van der Waals surface area contributed by atoms with Crippen molar-refractivity contribution in [1.29, 1.82) is 0 Å². The highest BCUT2D eigenvalue weighted by Crippen LogP contribution is 2.09. The summed E-state index contributed by atoms with van der Waals surface area (Å²) >= 11 is 0. The molecule has 0 aliphatic heterocycles. The number of allylic oxidation sites excluding steroid dienone is 1. The van der Waals surface area contributed by atoms with Gasteiger partial charge in [-0.3, -0.25) is 4.79 Å². The van der Waals surface area contributed by atoms with Crippen LogP contribution in [-0.2, 0) is 9.53 Å². The summed E-state index contributed by atoms with van der Waals surface area (Å²) in [6, 6.07) is 0. The second-order valence-electron chi connectivity index (χ2n) is 3.35. The van der Waals surface area contributed by atoms with Crippen molar-refractivity contribution in [3.8, 4) is 0 Å². The Balaban J connectivity index is 3.57. The average molecular weight is 198 g/mol. The maximum atomic E-state index is 11.4. The van der Waals surface area contributed by atoms with Crippen LogP contribution in [0.3, 0.4) is 0 Å². The zero-order valence-corrected chi connectivity index (χ0v) is 9.58. The van der Waals surface area contributed by atoms with E-state index in [0.29, 0.717) is 6.61 Å². The van der Waals surface area contributed by atoms with Crippen LogP contribution in [0.15, 0.2) is 12.2 Å². The second kappa shape index (κ2) is 8.79. The van der Waals surface area contributed by atoms with Gasteiger partial charge in [-0.2, -0.15) is 0 Å². The summed E-state index contributed by atoms with van der Waals surface area (Å²) in [7, 11) is 0. The maximum Gasteiger partial charge on any atom is 0.308 e. The zero-order valence-electron chi connectivity index (χ0n) is 9.58.